The van der Waals surface area contributed by atoms with Crippen molar-refractivity contribution in [1.29, 1.82) is 0 Å². The number of Topliss-reactive ketones (excluding diaryl/α,β-unsaturated/α-hetero) is 1. The highest BCUT2D eigenvalue weighted by atomic mass is 32.2. The van der Waals surface area contributed by atoms with Crippen LogP contribution in [-0.4, -0.2) is 24.8 Å². The normalized spacial score (nSPS) is 25.9. The SMILES string of the molecule is O=C1CCC(NS(=O)(=O)O)C1. The first-order chi connectivity index (χ1) is 4.97. The van der Waals surface area contributed by atoms with Crippen LogP contribution in [0, 0.1) is 0 Å². The molecule has 1 fully saturated rings. The third-order valence-electron chi connectivity index (χ3n) is 1.56. The molecule has 0 aromatic rings. The van der Waals surface area contributed by atoms with Crippen molar-refractivity contribution in [2.45, 2.75) is 25.3 Å². The summed E-state index contributed by atoms with van der Waals surface area (Å²) in [6.45, 7) is 0. The predicted molar refractivity (Wildman–Crippen MR) is 37.3 cm³/mol. The van der Waals surface area contributed by atoms with Gasteiger partial charge in [-0.25, -0.2) is 0 Å². The van der Waals surface area contributed by atoms with E-state index in [0.717, 1.165) is 0 Å². The minimum atomic E-state index is -4.13. The van der Waals surface area contributed by atoms with E-state index in [1.165, 1.54) is 0 Å². The molecule has 5 nitrogen and oxygen atoms in total. The first kappa shape index (κ1) is 8.63. The molecule has 6 heteroatoms. The van der Waals surface area contributed by atoms with E-state index in [9.17, 15) is 13.2 Å². The molecular weight excluding hydrogens is 170 g/mol. The molecule has 1 atom stereocenters. The first-order valence-electron chi connectivity index (χ1n) is 3.24. The van der Waals surface area contributed by atoms with E-state index >= 15 is 0 Å². The Hall–Kier alpha value is -0.460. The largest absolute Gasteiger partial charge is 0.333 e. The van der Waals surface area contributed by atoms with Crippen LogP contribution in [0.15, 0.2) is 0 Å². The molecular formula is C5H9NO4S. The molecule has 1 unspecified atom stereocenters. The summed E-state index contributed by atoms with van der Waals surface area (Å²) in [6.07, 6.45) is 1.07. The lowest BCUT2D eigenvalue weighted by atomic mass is 10.3. The molecule has 0 amide bonds. The Morgan fingerprint density at radius 2 is 2.18 bits per heavy atom. The van der Waals surface area contributed by atoms with Crippen molar-refractivity contribution in [3.63, 3.8) is 0 Å². The van der Waals surface area contributed by atoms with E-state index in [-0.39, 0.29) is 12.2 Å². The monoisotopic (exact) mass is 179 g/mol. The number of hydrogen-bond acceptors (Lipinski definition) is 3. The molecule has 2 N–H and O–H groups in total. The fourth-order valence-corrected chi connectivity index (χ4v) is 1.75. The smallest absolute Gasteiger partial charge is 0.300 e. The Morgan fingerprint density at radius 3 is 2.55 bits per heavy atom. The van der Waals surface area contributed by atoms with Crippen molar-refractivity contribution in [2.24, 2.45) is 0 Å². The predicted octanol–water partition coefficient (Wildman–Crippen LogP) is -0.500. The highest BCUT2D eigenvalue weighted by molar-refractivity contribution is 7.83. The summed E-state index contributed by atoms with van der Waals surface area (Å²) in [6, 6.07) is -0.405. The van der Waals surface area contributed by atoms with Gasteiger partial charge in [0.25, 0.3) is 0 Å². The molecule has 1 aliphatic carbocycles. The molecule has 1 rings (SSSR count). The first-order valence-corrected chi connectivity index (χ1v) is 4.68. The maximum absolute atomic E-state index is 10.6. The zero-order valence-corrected chi connectivity index (χ0v) is 6.60. The van der Waals surface area contributed by atoms with Crippen LogP contribution in [0.4, 0.5) is 0 Å². The fraction of sp³-hybridized carbons (Fsp3) is 0.800. The average molecular weight is 179 g/mol. The number of carbonyl (C=O) groups excluding carboxylic acids is 1. The Labute approximate surface area is 64.7 Å². The molecule has 11 heavy (non-hydrogen) atoms. The standard InChI is InChI=1S/C5H9NO4S/c7-5-2-1-4(3-5)6-11(8,9)10/h4,6H,1-3H2,(H,8,9,10). The maximum atomic E-state index is 10.6. The summed E-state index contributed by atoms with van der Waals surface area (Å²) >= 11 is 0. The van der Waals surface area contributed by atoms with E-state index in [0.29, 0.717) is 12.8 Å². The lowest BCUT2D eigenvalue weighted by molar-refractivity contribution is -0.117. The van der Waals surface area contributed by atoms with E-state index in [2.05, 4.69) is 0 Å². The molecule has 0 spiro atoms. The Balaban J connectivity index is 2.47. The molecule has 0 radical (unpaired) electrons. The van der Waals surface area contributed by atoms with E-state index in [1.54, 1.807) is 0 Å². The van der Waals surface area contributed by atoms with Crippen LogP contribution in [0.3, 0.4) is 0 Å². The average Bonchev–Trinajstić information content (AvgIpc) is 2.10. The van der Waals surface area contributed by atoms with E-state index in [1.807, 2.05) is 4.72 Å². The maximum Gasteiger partial charge on any atom is 0.333 e. The van der Waals surface area contributed by atoms with Gasteiger partial charge in [0.15, 0.2) is 0 Å². The summed E-state index contributed by atoms with van der Waals surface area (Å²) in [5.74, 6) is 0.0335. The van der Waals surface area contributed by atoms with Gasteiger partial charge in [-0.1, -0.05) is 0 Å². The highest BCUT2D eigenvalue weighted by Crippen LogP contribution is 2.14. The molecule has 0 saturated heterocycles. The molecule has 0 bridgehead atoms. The lowest BCUT2D eigenvalue weighted by Crippen LogP contribution is -2.32. The molecule has 0 aromatic carbocycles. The minimum absolute atomic E-state index is 0.0335. The summed E-state index contributed by atoms with van der Waals surface area (Å²) in [5, 5.41) is 0. The van der Waals surface area contributed by atoms with Crippen LogP contribution in [0.25, 0.3) is 0 Å². The Morgan fingerprint density at radius 1 is 1.55 bits per heavy atom. The van der Waals surface area contributed by atoms with Gasteiger partial charge in [-0.2, -0.15) is 13.1 Å². The van der Waals surface area contributed by atoms with Gasteiger partial charge in [-0.05, 0) is 6.42 Å². The van der Waals surface area contributed by atoms with Crippen LogP contribution in [0.5, 0.6) is 0 Å². The second-order valence-corrected chi connectivity index (χ2v) is 3.76. The molecule has 1 aliphatic rings. The van der Waals surface area contributed by atoms with Crippen molar-refractivity contribution < 1.29 is 17.8 Å². The van der Waals surface area contributed by atoms with Gasteiger partial charge < -0.3 is 0 Å². The Bertz CT molecular complexity index is 258. The topological polar surface area (TPSA) is 83.5 Å². The lowest BCUT2D eigenvalue weighted by Gasteiger charge is -2.05. The van der Waals surface area contributed by atoms with Crippen LogP contribution in [0.2, 0.25) is 0 Å². The second-order valence-electron chi connectivity index (χ2n) is 2.57. The minimum Gasteiger partial charge on any atom is -0.300 e. The summed E-state index contributed by atoms with van der Waals surface area (Å²) in [5.41, 5.74) is 0. The van der Waals surface area contributed by atoms with Gasteiger partial charge in [-0.15, -0.1) is 0 Å². The number of hydrogen-bond donors (Lipinski definition) is 2. The van der Waals surface area contributed by atoms with Gasteiger partial charge in [-0.3, -0.25) is 9.35 Å². The fourth-order valence-electron chi connectivity index (χ4n) is 1.13. The van der Waals surface area contributed by atoms with Crippen molar-refractivity contribution in [1.82, 2.24) is 4.72 Å². The Kier molecular flexibility index (Phi) is 2.26. The number of rotatable bonds is 2. The van der Waals surface area contributed by atoms with Crippen molar-refractivity contribution >= 4 is 16.1 Å². The van der Waals surface area contributed by atoms with E-state index < -0.39 is 16.3 Å². The number of ketones is 1. The molecule has 0 heterocycles. The van der Waals surface area contributed by atoms with E-state index in [4.69, 9.17) is 4.55 Å². The van der Waals surface area contributed by atoms with Crippen LogP contribution in [-0.2, 0) is 15.1 Å². The molecule has 64 valence electrons. The van der Waals surface area contributed by atoms with Gasteiger partial charge in [0.1, 0.15) is 5.78 Å². The van der Waals surface area contributed by atoms with Crippen molar-refractivity contribution in [3.8, 4) is 0 Å². The van der Waals surface area contributed by atoms with Crippen LogP contribution in [0.1, 0.15) is 19.3 Å². The summed E-state index contributed by atoms with van der Waals surface area (Å²) in [4.78, 5) is 10.6. The zero-order chi connectivity index (χ0) is 8.48. The molecule has 0 aliphatic heterocycles. The third kappa shape index (κ3) is 2.96. The summed E-state index contributed by atoms with van der Waals surface area (Å²) in [7, 11) is -4.13. The van der Waals surface area contributed by atoms with Gasteiger partial charge >= 0.3 is 10.3 Å². The number of nitrogens with one attached hydrogen (secondary N) is 1. The van der Waals surface area contributed by atoms with Crippen molar-refractivity contribution in [2.75, 3.05) is 0 Å². The molecule has 0 aromatic heterocycles. The molecule has 1 saturated carbocycles. The zero-order valence-electron chi connectivity index (χ0n) is 5.78. The third-order valence-corrected chi connectivity index (χ3v) is 2.19. The van der Waals surface area contributed by atoms with Gasteiger partial charge in [0, 0.05) is 18.9 Å². The van der Waals surface area contributed by atoms with Gasteiger partial charge in [0.05, 0.1) is 0 Å². The summed E-state index contributed by atoms with van der Waals surface area (Å²) < 4.78 is 30.7. The van der Waals surface area contributed by atoms with Crippen LogP contribution < -0.4 is 4.72 Å². The quantitative estimate of drug-likeness (QED) is 0.560. The van der Waals surface area contributed by atoms with Crippen molar-refractivity contribution in [3.05, 3.63) is 0 Å². The number of carbonyl (C=O) groups is 1. The highest BCUT2D eigenvalue weighted by Gasteiger charge is 2.24. The van der Waals surface area contributed by atoms with Gasteiger partial charge in [0.2, 0.25) is 0 Å². The van der Waals surface area contributed by atoms with Crippen LogP contribution >= 0.6 is 0 Å². The second kappa shape index (κ2) is 2.88.